The highest BCUT2D eigenvalue weighted by Crippen LogP contribution is 2.31. The molecule has 0 aliphatic carbocycles. The highest BCUT2D eigenvalue weighted by atomic mass is 32.1. The second-order valence-electron chi connectivity index (χ2n) is 6.72. The lowest BCUT2D eigenvalue weighted by Gasteiger charge is -2.22. The van der Waals surface area contributed by atoms with Crippen molar-refractivity contribution in [2.75, 3.05) is 19.7 Å². The van der Waals surface area contributed by atoms with E-state index in [1.165, 1.54) is 12.1 Å². The average Bonchev–Trinajstić information content (AvgIpc) is 3.13. The predicted octanol–water partition coefficient (Wildman–Crippen LogP) is 5.58. The molecule has 0 spiro atoms. The first-order chi connectivity index (χ1) is 14.1. The van der Waals surface area contributed by atoms with Crippen LogP contribution in [0.4, 0.5) is 4.39 Å². The molecule has 1 amide bonds. The number of carbonyl (C=O) groups is 1. The number of hydrogen-bond donors (Lipinski definition) is 0. The minimum Gasteiger partial charge on any atom is -0.494 e. The van der Waals surface area contributed by atoms with Gasteiger partial charge in [-0.25, -0.2) is 9.37 Å². The zero-order valence-electron chi connectivity index (χ0n) is 16.7. The van der Waals surface area contributed by atoms with Gasteiger partial charge in [0.15, 0.2) is 0 Å². The molecule has 2 aromatic carbocycles. The number of thiazole rings is 1. The molecule has 0 radical (unpaired) electrons. The standard InChI is InChI=1S/C23H25FN2O2S/c1-3-14-26(15-7-16-28-20-12-10-19(24)11-13-20)23(27)21-22(29-17(2)25-21)18-8-5-4-6-9-18/h4-6,8-13H,3,7,14-16H2,1-2H3. The molecule has 152 valence electrons. The van der Waals surface area contributed by atoms with Gasteiger partial charge in [0.25, 0.3) is 5.91 Å². The van der Waals surface area contributed by atoms with Crippen molar-refractivity contribution in [1.82, 2.24) is 9.88 Å². The first-order valence-electron chi connectivity index (χ1n) is 9.79. The van der Waals surface area contributed by atoms with Crippen molar-refractivity contribution in [2.24, 2.45) is 0 Å². The molecule has 0 aliphatic heterocycles. The average molecular weight is 413 g/mol. The van der Waals surface area contributed by atoms with Crippen LogP contribution < -0.4 is 4.74 Å². The van der Waals surface area contributed by atoms with Gasteiger partial charge in [0.2, 0.25) is 0 Å². The molecule has 0 fully saturated rings. The van der Waals surface area contributed by atoms with E-state index in [0.29, 0.717) is 37.6 Å². The van der Waals surface area contributed by atoms with Crippen molar-refractivity contribution in [1.29, 1.82) is 0 Å². The monoisotopic (exact) mass is 412 g/mol. The van der Waals surface area contributed by atoms with E-state index in [2.05, 4.69) is 11.9 Å². The van der Waals surface area contributed by atoms with Crippen LogP contribution in [0.1, 0.15) is 35.3 Å². The zero-order valence-corrected chi connectivity index (χ0v) is 17.5. The number of halogens is 1. The lowest BCUT2D eigenvalue weighted by atomic mass is 10.1. The van der Waals surface area contributed by atoms with Crippen LogP contribution in [-0.4, -0.2) is 35.5 Å². The van der Waals surface area contributed by atoms with Crippen LogP contribution in [0.25, 0.3) is 10.4 Å². The highest BCUT2D eigenvalue weighted by Gasteiger charge is 2.23. The number of benzene rings is 2. The smallest absolute Gasteiger partial charge is 0.273 e. The third-order valence-electron chi connectivity index (χ3n) is 4.41. The second-order valence-corrected chi connectivity index (χ2v) is 7.93. The van der Waals surface area contributed by atoms with Crippen LogP contribution >= 0.6 is 11.3 Å². The fraction of sp³-hybridized carbons (Fsp3) is 0.304. The number of ether oxygens (including phenoxy) is 1. The van der Waals surface area contributed by atoms with Crippen LogP contribution in [-0.2, 0) is 0 Å². The van der Waals surface area contributed by atoms with Gasteiger partial charge >= 0.3 is 0 Å². The summed E-state index contributed by atoms with van der Waals surface area (Å²) in [7, 11) is 0. The van der Waals surface area contributed by atoms with Crippen molar-refractivity contribution < 1.29 is 13.9 Å². The van der Waals surface area contributed by atoms with Crippen LogP contribution in [0.15, 0.2) is 54.6 Å². The van der Waals surface area contributed by atoms with Gasteiger partial charge in [-0.2, -0.15) is 0 Å². The summed E-state index contributed by atoms with van der Waals surface area (Å²) < 4.78 is 18.6. The topological polar surface area (TPSA) is 42.4 Å². The summed E-state index contributed by atoms with van der Waals surface area (Å²) in [6.45, 7) is 5.69. The molecule has 0 saturated carbocycles. The summed E-state index contributed by atoms with van der Waals surface area (Å²) in [4.78, 5) is 20.5. The first kappa shape index (κ1) is 21.0. The molecule has 4 nitrogen and oxygen atoms in total. The Morgan fingerprint density at radius 1 is 1.10 bits per heavy atom. The molecular formula is C23H25FN2O2S. The summed E-state index contributed by atoms with van der Waals surface area (Å²) in [6, 6.07) is 15.9. The van der Waals surface area contributed by atoms with E-state index in [1.807, 2.05) is 42.2 Å². The Bertz CT molecular complexity index is 926. The minimum atomic E-state index is -0.287. The lowest BCUT2D eigenvalue weighted by Crippen LogP contribution is -2.34. The predicted molar refractivity (Wildman–Crippen MR) is 115 cm³/mol. The van der Waals surface area contributed by atoms with Crippen LogP contribution in [0.5, 0.6) is 5.75 Å². The third kappa shape index (κ3) is 5.64. The number of amides is 1. The molecule has 0 saturated heterocycles. The second kappa shape index (κ2) is 10.2. The van der Waals surface area contributed by atoms with Crippen LogP contribution in [0, 0.1) is 12.7 Å². The molecule has 0 atom stereocenters. The fourth-order valence-electron chi connectivity index (χ4n) is 3.07. The van der Waals surface area contributed by atoms with Gasteiger partial charge in [0.05, 0.1) is 16.5 Å². The molecule has 1 heterocycles. The molecular weight excluding hydrogens is 387 g/mol. The number of aromatic nitrogens is 1. The largest absolute Gasteiger partial charge is 0.494 e. The Morgan fingerprint density at radius 3 is 2.52 bits per heavy atom. The maximum Gasteiger partial charge on any atom is 0.273 e. The Labute approximate surface area is 175 Å². The van der Waals surface area contributed by atoms with Crippen LogP contribution in [0.3, 0.4) is 0 Å². The van der Waals surface area contributed by atoms with Crippen LogP contribution in [0.2, 0.25) is 0 Å². The molecule has 3 rings (SSSR count). The zero-order chi connectivity index (χ0) is 20.6. The summed E-state index contributed by atoms with van der Waals surface area (Å²) in [5.74, 6) is 0.294. The lowest BCUT2D eigenvalue weighted by molar-refractivity contribution is 0.0742. The Morgan fingerprint density at radius 2 is 1.83 bits per heavy atom. The quantitative estimate of drug-likeness (QED) is 0.431. The SMILES string of the molecule is CCCN(CCCOc1ccc(F)cc1)C(=O)c1nc(C)sc1-c1ccccc1. The first-order valence-corrected chi connectivity index (χ1v) is 10.6. The van der Waals surface area contributed by atoms with E-state index in [9.17, 15) is 9.18 Å². The summed E-state index contributed by atoms with van der Waals surface area (Å²) in [5, 5.41) is 0.878. The van der Waals surface area contributed by atoms with Crippen molar-refractivity contribution in [3.8, 4) is 16.2 Å². The summed E-state index contributed by atoms with van der Waals surface area (Å²) in [5.41, 5.74) is 1.53. The van der Waals surface area contributed by atoms with E-state index in [4.69, 9.17) is 4.74 Å². The van der Waals surface area contributed by atoms with E-state index >= 15 is 0 Å². The normalized spacial score (nSPS) is 10.7. The van der Waals surface area contributed by atoms with Gasteiger partial charge in [-0.15, -0.1) is 11.3 Å². The Kier molecular flexibility index (Phi) is 7.36. The Hall–Kier alpha value is -2.73. The molecule has 0 unspecified atom stereocenters. The molecule has 0 N–H and O–H groups in total. The van der Waals surface area contributed by atoms with Crippen molar-refractivity contribution in [3.63, 3.8) is 0 Å². The van der Waals surface area contributed by atoms with Crippen molar-refractivity contribution in [3.05, 3.63) is 71.1 Å². The molecule has 0 aliphatic rings. The van der Waals surface area contributed by atoms with Gasteiger partial charge in [0.1, 0.15) is 17.3 Å². The fourth-order valence-corrected chi connectivity index (χ4v) is 3.98. The number of carbonyl (C=O) groups excluding carboxylic acids is 1. The molecule has 0 bridgehead atoms. The van der Waals surface area contributed by atoms with Gasteiger partial charge < -0.3 is 9.64 Å². The van der Waals surface area contributed by atoms with Crippen molar-refractivity contribution in [2.45, 2.75) is 26.7 Å². The van der Waals surface area contributed by atoms with E-state index in [1.54, 1.807) is 23.5 Å². The molecule has 6 heteroatoms. The van der Waals surface area contributed by atoms with E-state index in [0.717, 1.165) is 21.9 Å². The molecule has 3 aromatic rings. The third-order valence-corrected chi connectivity index (χ3v) is 5.43. The van der Waals surface area contributed by atoms with E-state index < -0.39 is 0 Å². The number of aryl methyl sites for hydroxylation is 1. The highest BCUT2D eigenvalue weighted by molar-refractivity contribution is 7.15. The van der Waals surface area contributed by atoms with Gasteiger partial charge in [-0.05, 0) is 49.6 Å². The minimum absolute atomic E-state index is 0.0446. The van der Waals surface area contributed by atoms with E-state index in [-0.39, 0.29) is 11.7 Å². The molecule has 1 aromatic heterocycles. The number of rotatable bonds is 9. The van der Waals surface area contributed by atoms with Crippen molar-refractivity contribution >= 4 is 17.2 Å². The maximum atomic E-state index is 13.2. The van der Waals surface area contributed by atoms with Gasteiger partial charge in [-0.1, -0.05) is 37.3 Å². The summed E-state index contributed by atoms with van der Waals surface area (Å²) >= 11 is 1.54. The van der Waals surface area contributed by atoms with Gasteiger partial charge in [0, 0.05) is 13.1 Å². The number of hydrogen-bond acceptors (Lipinski definition) is 4. The maximum absolute atomic E-state index is 13.2. The Balaban J connectivity index is 1.66. The summed E-state index contributed by atoms with van der Waals surface area (Å²) in [6.07, 6.45) is 1.56. The number of nitrogens with zero attached hydrogens (tertiary/aromatic N) is 2. The van der Waals surface area contributed by atoms with Gasteiger partial charge in [-0.3, -0.25) is 4.79 Å². The molecule has 29 heavy (non-hydrogen) atoms.